The van der Waals surface area contributed by atoms with Crippen molar-refractivity contribution in [3.05, 3.63) is 41.5 Å². The summed E-state index contributed by atoms with van der Waals surface area (Å²) in [7, 11) is 0. The molecule has 0 amide bonds. The van der Waals surface area contributed by atoms with Crippen molar-refractivity contribution < 1.29 is 4.52 Å². The van der Waals surface area contributed by atoms with E-state index in [2.05, 4.69) is 44.7 Å². The fourth-order valence-corrected chi connectivity index (χ4v) is 3.46. The molecule has 0 saturated carbocycles. The summed E-state index contributed by atoms with van der Waals surface area (Å²) in [5.74, 6) is 2.21. The number of nitrogens with one attached hydrogen (secondary N) is 1. The first-order valence-electron chi connectivity index (χ1n) is 7.22. The molecule has 1 aromatic carbocycles. The molecule has 1 N–H and O–H groups in total. The van der Waals surface area contributed by atoms with Crippen LogP contribution in [-0.2, 0) is 5.75 Å². The summed E-state index contributed by atoms with van der Waals surface area (Å²) in [6, 6.07) is 8.14. The molecule has 23 heavy (non-hydrogen) atoms. The van der Waals surface area contributed by atoms with Crippen LogP contribution >= 0.6 is 23.1 Å². The van der Waals surface area contributed by atoms with Crippen LogP contribution in [0.25, 0.3) is 0 Å². The summed E-state index contributed by atoms with van der Waals surface area (Å²) in [5, 5.41) is 16.3. The maximum absolute atomic E-state index is 5.22. The number of benzene rings is 1. The van der Waals surface area contributed by atoms with E-state index in [1.807, 2.05) is 26.0 Å². The topological polar surface area (TPSA) is 76.7 Å². The van der Waals surface area contributed by atoms with E-state index in [0.717, 1.165) is 21.0 Å². The third-order valence-electron chi connectivity index (χ3n) is 3.00. The van der Waals surface area contributed by atoms with E-state index >= 15 is 0 Å². The lowest BCUT2D eigenvalue weighted by atomic mass is 10.2. The van der Waals surface area contributed by atoms with E-state index < -0.39 is 0 Å². The minimum absolute atomic E-state index is 0.268. The molecule has 8 heteroatoms. The third kappa shape index (κ3) is 4.29. The molecule has 2 aromatic heterocycles. The van der Waals surface area contributed by atoms with Crippen LogP contribution in [0.15, 0.2) is 33.1 Å². The van der Waals surface area contributed by atoms with Crippen molar-refractivity contribution in [3.8, 4) is 0 Å². The van der Waals surface area contributed by atoms with Crippen molar-refractivity contribution in [3.63, 3.8) is 0 Å². The summed E-state index contributed by atoms with van der Waals surface area (Å²) in [4.78, 5) is 4.35. The van der Waals surface area contributed by atoms with Gasteiger partial charge >= 0.3 is 0 Å². The molecule has 0 saturated heterocycles. The van der Waals surface area contributed by atoms with Crippen molar-refractivity contribution in [2.75, 3.05) is 5.32 Å². The van der Waals surface area contributed by atoms with Crippen LogP contribution in [0.1, 0.15) is 37.0 Å². The van der Waals surface area contributed by atoms with Crippen LogP contribution in [0.5, 0.6) is 0 Å². The molecule has 2 heterocycles. The fraction of sp³-hybridized carbons (Fsp3) is 0.333. The summed E-state index contributed by atoms with van der Waals surface area (Å²) < 4.78 is 6.09. The molecule has 3 aromatic rings. The van der Waals surface area contributed by atoms with E-state index in [1.54, 1.807) is 11.8 Å². The molecule has 0 atom stereocenters. The number of nitrogens with zero attached hydrogens (tertiary/aromatic N) is 4. The van der Waals surface area contributed by atoms with Gasteiger partial charge in [0.1, 0.15) is 0 Å². The Bertz CT molecular complexity index is 784. The van der Waals surface area contributed by atoms with E-state index in [1.165, 1.54) is 16.9 Å². The Labute approximate surface area is 142 Å². The van der Waals surface area contributed by atoms with E-state index in [4.69, 9.17) is 4.52 Å². The van der Waals surface area contributed by atoms with Gasteiger partial charge in [0.25, 0.3) is 0 Å². The highest BCUT2D eigenvalue weighted by molar-refractivity contribution is 8.00. The number of thioether (sulfide) groups is 1. The highest BCUT2D eigenvalue weighted by Gasteiger charge is 2.12. The zero-order chi connectivity index (χ0) is 16.2. The molecular formula is C15H17N5OS2. The smallest absolute Gasteiger partial charge is 0.237 e. The largest absolute Gasteiger partial charge is 0.338 e. The Hall–Kier alpha value is -1.93. The van der Waals surface area contributed by atoms with Gasteiger partial charge in [-0.15, -0.1) is 10.2 Å². The molecule has 6 nitrogen and oxygen atoms in total. The molecule has 3 rings (SSSR count). The van der Waals surface area contributed by atoms with Crippen LogP contribution in [0, 0.1) is 6.92 Å². The lowest BCUT2D eigenvalue weighted by molar-refractivity contribution is 0.383. The molecule has 0 aliphatic rings. The number of hydrogen-bond donors (Lipinski definition) is 1. The second-order valence-corrected chi connectivity index (χ2v) is 7.56. The third-order valence-corrected chi connectivity index (χ3v) is 4.95. The zero-order valence-corrected chi connectivity index (χ0v) is 14.7. The zero-order valence-electron chi connectivity index (χ0n) is 13.1. The molecule has 0 fully saturated rings. The van der Waals surface area contributed by atoms with Crippen molar-refractivity contribution in [1.82, 2.24) is 20.3 Å². The highest BCUT2D eigenvalue weighted by Crippen LogP contribution is 2.29. The van der Waals surface area contributed by atoms with Gasteiger partial charge < -0.3 is 9.84 Å². The molecule has 0 aliphatic heterocycles. The molecule has 0 spiro atoms. The predicted octanol–water partition coefficient (Wildman–Crippen LogP) is 4.39. The number of aromatic nitrogens is 4. The summed E-state index contributed by atoms with van der Waals surface area (Å²) in [5.41, 5.74) is 2.21. The quantitative estimate of drug-likeness (QED) is 0.663. The van der Waals surface area contributed by atoms with Crippen molar-refractivity contribution in [2.45, 2.75) is 36.8 Å². The number of anilines is 2. The first kappa shape index (κ1) is 15.9. The summed E-state index contributed by atoms with van der Waals surface area (Å²) in [6.45, 7) is 6.13. The molecule has 0 radical (unpaired) electrons. The van der Waals surface area contributed by atoms with E-state index in [9.17, 15) is 0 Å². The Morgan fingerprint density at radius 3 is 2.91 bits per heavy atom. The lowest BCUT2D eigenvalue weighted by Gasteiger charge is -2.01. The van der Waals surface area contributed by atoms with Gasteiger partial charge in [0.15, 0.2) is 10.2 Å². The van der Waals surface area contributed by atoms with E-state index in [-0.39, 0.29) is 5.92 Å². The van der Waals surface area contributed by atoms with Crippen LogP contribution in [0.3, 0.4) is 0 Å². The average molecular weight is 347 g/mol. The van der Waals surface area contributed by atoms with Crippen LogP contribution in [0.2, 0.25) is 0 Å². The molecular weight excluding hydrogens is 330 g/mol. The Balaban J connectivity index is 1.58. The highest BCUT2D eigenvalue weighted by atomic mass is 32.2. The summed E-state index contributed by atoms with van der Waals surface area (Å²) in [6.07, 6.45) is 0. The molecule has 0 aliphatic carbocycles. The molecule has 0 bridgehead atoms. The van der Waals surface area contributed by atoms with Gasteiger partial charge in [-0.25, -0.2) is 0 Å². The van der Waals surface area contributed by atoms with Crippen LogP contribution < -0.4 is 5.32 Å². The number of rotatable bonds is 6. The van der Waals surface area contributed by atoms with Crippen LogP contribution in [0.4, 0.5) is 10.8 Å². The lowest BCUT2D eigenvalue weighted by Crippen LogP contribution is -1.90. The van der Waals surface area contributed by atoms with Gasteiger partial charge in [-0.2, -0.15) is 4.98 Å². The standard InChI is InChI=1S/C15H17N5OS2/c1-9(2)13-17-12(21-20-13)8-22-15-19-18-14(23-15)16-11-6-4-5-10(3)7-11/h4-7,9H,8H2,1-3H3,(H,16,18). The second-order valence-electron chi connectivity index (χ2n) is 5.36. The first-order valence-corrected chi connectivity index (χ1v) is 9.03. The predicted molar refractivity (Wildman–Crippen MR) is 92.3 cm³/mol. The maximum atomic E-state index is 5.22. The average Bonchev–Trinajstić information content (AvgIpc) is 3.14. The van der Waals surface area contributed by atoms with Gasteiger partial charge in [-0.3, -0.25) is 0 Å². The Morgan fingerprint density at radius 1 is 1.30 bits per heavy atom. The monoisotopic (exact) mass is 347 g/mol. The summed E-state index contributed by atoms with van der Waals surface area (Å²) >= 11 is 3.05. The van der Waals surface area contributed by atoms with E-state index in [0.29, 0.717) is 11.6 Å². The minimum Gasteiger partial charge on any atom is -0.338 e. The molecule has 120 valence electrons. The van der Waals surface area contributed by atoms with Crippen molar-refractivity contribution in [2.24, 2.45) is 0 Å². The SMILES string of the molecule is Cc1cccc(Nc2nnc(SCc3nc(C(C)C)no3)s2)c1. The number of hydrogen-bond acceptors (Lipinski definition) is 8. The van der Waals surface area contributed by atoms with Crippen molar-refractivity contribution in [1.29, 1.82) is 0 Å². The van der Waals surface area contributed by atoms with Gasteiger partial charge in [0, 0.05) is 11.6 Å². The maximum Gasteiger partial charge on any atom is 0.237 e. The van der Waals surface area contributed by atoms with Gasteiger partial charge in [0.2, 0.25) is 11.0 Å². The fourth-order valence-electron chi connectivity index (χ4n) is 1.85. The van der Waals surface area contributed by atoms with Crippen LogP contribution in [-0.4, -0.2) is 20.3 Å². The molecule has 0 unspecified atom stereocenters. The Morgan fingerprint density at radius 2 is 2.17 bits per heavy atom. The second kappa shape index (κ2) is 7.10. The number of aryl methyl sites for hydroxylation is 1. The van der Waals surface area contributed by atoms with Gasteiger partial charge in [-0.05, 0) is 24.6 Å². The van der Waals surface area contributed by atoms with Gasteiger partial charge in [-0.1, -0.05) is 54.2 Å². The van der Waals surface area contributed by atoms with Crippen molar-refractivity contribution >= 4 is 33.9 Å². The first-order chi connectivity index (χ1) is 11.1. The van der Waals surface area contributed by atoms with Gasteiger partial charge in [0.05, 0.1) is 5.75 Å². The normalized spacial score (nSPS) is 11.1. The minimum atomic E-state index is 0.268. The Kier molecular flexibility index (Phi) is 4.92.